The van der Waals surface area contributed by atoms with Crippen molar-refractivity contribution in [1.82, 2.24) is 14.9 Å². The SMILES string of the molecule is COc1cc(Cn2cccn2)cc2onc(NS(=O)c3cc(F)c(F)cc3F)c12. The maximum Gasteiger partial charge on any atom is 0.193 e. The van der Waals surface area contributed by atoms with Crippen molar-refractivity contribution in [1.29, 1.82) is 0 Å². The molecule has 11 heteroatoms. The lowest BCUT2D eigenvalue weighted by Gasteiger charge is -2.08. The number of halogens is 3. The number of anilines is 1. The van der Waals surface area contributed by atoms with Gasteiger partial charge in [0.1, 0.15) is 17.0 Å². The van der Waals surface area contributed by atoms with E-state index in [-0.39, 0.29) is 5.82 Å². The van der Waals surface area contributed by atoms with Gasteiger partial charge in [0, 0.05) is 18.5 Å². The molecule has 2 aromatic carbocycles. The number of aromatic nitrogens is 3. The average Bonchev–Trinajstić information content (AvgIpc) is 3.34. The summed E-state index contributed by atoms with van der Waals surface area (Å²) in [5, 5.41) is 8.30. The van der Waals surface area contributed by atoms with Crippen molar-refractivity contribution in [3.8, 4) is 5.75 Å². The lowest BCUT2D eigenvalue weighted by molar-refractivity contribution is 0.418. The second-order valence-electron chi connectivity index (χ2n) is 5.97. The van der Waals surface area contributed by atoms with Gasteiger partial charge < -0.3 is 9.26 Å². The van der Waals surface area contributed by atoms with Gasteiger partial charge in [-0.25, -0.2) is 17.4 Å². The van der Waals surface area contributed by atoms with Gasteiger partial charge in [0.05, 0.1) is 18.6 Å². The van der Waals surface area contributed by atoms with Crippen LogP contribution in [0.25, 0.3) is 11.0 Å². The first-order chi connectivity index (χ1) is 14.0. The topological polar surface area (TPSA) is 82.2 Å². The molecule has 0 aliphatic heterocycles. The Kier molecular flexibility index (Phi) is 4.97. The summed E-state index contributed by atoms with van der Waals surface area (Å²) in [6, 6.07) is 6.08. The van der Waals surface area contributed by atoms with Crippen LogP contribution in [0.3, 0.4) is 0 Å². The van der Waals surface area contributed by atoms with E-state index < -0.39 is 33.3 Å². The molecule has 0 saturated carbocycles. The van der Waals surface area contributed by atoms with Crippen molar-refractivity contribution in [2.75, 3.05) is 11.8 Å². The quantitative estimate of drug-likeness (QED) is 0.480. The minimum atomic E-state index is -2.26. The van der Waals surface area contributed by atoms with Crippen molar-refractivity contribution in [3.05, 3.63) is 65.7 Å². The summed E-state index contributed by atoms with van der Waals surface area (Å²) in [6.07, 6.45) is 3.45. The Balaban J connectivity index is 1.68. The fourth-order valence-electron chi connectivity index (χ4n) is 2.78. The first-order valence-corrected chi connectivity index (χ1v) is 9.38. The monoisotopic (exact) mass is 422 g/mol. The van der Waals surface area contributed by atoms with E-state index in [1.54, 1.807) is 35.3 Å². The first-order valence-electron chi connectivity index (χ1n) is 8.23. The molecular formula is C18H13F3N4O3S. The lowest BCUT2D eigenvalue weighted by atomic mass is 10.1. The molecular weight excluding hydrogens is 409 g/mol. The second-order valence-corrected chi connectivity index (χ2v) is 7.15. The molecule has 0 spiro atoms. The standard InChI is InChI=1S/C18H13F3N4O3S/c1-27-14-5-10(9-25-4-2-3-22-25)6-15-17(14)18(23-28-15)24-29(26)16-8-12(20)11(19)7-13(16)21/h2-8H,9H2,1H3,(H,23,24). The average molecular weight is 422 g/mol. The van der Waals surface area contributed by atoms with Gasteiger partial charge in [0.2, 0.25) is 0 Å². The summed E-state index contributed by atoms with van der Waals surface area (Å²) < 4.78 is 67.7. The summed E-state index contributed by atoms with van der Waals surface area (Å²) in [7, 11) is -0.825. The van der Waals surface area contributed by atoms with Crippen LogP contribution in [0.4, 0.5) is 19.0 Å². The number of methoxy groups -OCH3 is 1. The molecule has 1 atom stereocenters. The number of ether oxygens (including phenoxy) is 1. The molecule has 7 nitrogen and oxygen atoms in total. The van der Waals surface area contributed by atoms with Gasteiger partial charge in [-0.15, -0.1) is 0 Å². The van der Waals surface area contributed by atoms with Crippen molar-refractivity contribution in [3.63, 3.8) is 0 Å². The van der Waals surface area contributed by atoms with E-state index in [1.807, 2.05) is 0 Å². The molecule has 1 unspecified atom stereocenters. The molecule has 4 rings (SSSR count). The summed E-state index contributed by atoms with van der Waals surface area (Å²) in [6.45, 7) is 0.453. The van der Waals surface area contributed by atoms with Crippen LogP contribution in [0.1, 0.15) is 5.56 Å². The third kappa shape index (κ3) is 3.68. The predicted molar refractivity (Wildman–Crippen MR) is 98.2 cm³/mol. The molecule has 2 heterocycles. The molecule has 0 aliphatic rings. The van der Waals surface area contributed by atoms with Crippen molar-refractivity contribution in [2.24, 2.45) is 0 Å². The largest absolute Gasteiger partial charge is 0.496 e. The van der Waals surface area contributed by atoms with Gasteiger partial charge in [-0.2, -0.15) is 5.10 Å². The molecule has 0 radical (unpaired) electrons. The highest BCUT2D eigenvalue weighted by atomic mass is 32.2. The Morgan fingerprint density at radius 3 is 2.69 bits per heavy atom. The Hall–Kier alpha value is -3.34. The van der Waals surface area contributed by atoms with Gasteiger partial charge in [-0.1, -0.05) is 5.16 Å². The minimum Gasteiger partial charge on any atom is -0.496 e. The van der Waals surface area contributed by atoms with Gasteiger partial charge in [0.15, 0.2) is 34.0 Å². The van der Waals surface area contributed by atoms with Crippen LogP contribution in [0.15, 0.2) is 52.1 Å². The number of nitrogens with zero attached hydrogens (tertiary/aromatic N) is 3. The van der Waals surface area contributed by atoms with Crippen LogP contribution in [-0.2, 0) is 17.5 Å². The van der Waals surface area contributed by atoms with E-state index >= 15 is 0 Å². The molecule has 150 valence electrons. The number of hydrogen-bond acceptors (Lipinski definition) is 5. The zero-order valence-electron chi connectivity index (χ0n) is 14.9. The maximum absolute atomic E-state index is 13.9. The number of rotatable bonds is 6. The van der Waals surface area contributed by atoms with Gasteiger partial charge in [-0.05, 0) is 29.8 Å². The van der Waals surface area contributed by atoms with E-state index in [2.05, 4.69) is 15.0 Å². The van der Waals surface area contributed by atoms with Crippen LogP contribution in [0.2, 0.25) is 0 Å². The minimum absolute atomic E-state index is 0.00459. The highest BCUT2D eigenvalue weighted by Crippen LogP contribution is 2.34. The molecule has 0 fully saturated rings. The van der Waals surface area contributed by atoms with E-state index in [1.165, 1.54) is 7.11 Å². The smallest absolute Gasteiger partial charge is 0.193 e. The molecule has 4 aromatic rings. The number of nitrogens with one attached hydrogen (secondary N) is 1. The van der Waals surface area contributed by atoms with E-state index in [0.717, 1.165) is 5.56 Å². The van der Waals surface area contributed by atoms with Crippen molar-refractivity contribution < 1.29 is 26.6 Å². The van der Waals surface area contributed by atoms with Crippen LogP contribution in [0.5, 0.6) is 5.75 Å². The Labute approximate surface area is 164 Å². The predicted octanol–water partition coefficient (Wildman–Crippen LogP) is 3.63. The second kappa shape index (κ2) is 7.59. The van der Waals surface area contributed by atoms with Crippen LogP contribution < -0.4 is 9.46 Å². The summed E-state index contributed by atoms with van der Waals surface area (Å²) >= 11 is 0. The normalized spacial score (nSPS) is 12.3. The third-order valence-corrected chi connectivity index (χ3v) is 5.18. The Morgan fingerprint density at radius 1 is 1.17 bits per heavy atom. The zero-order valence-corrected chi connectivity index (χ0v) is 15.7. The summed E-state index contributed by atoms with van der Waals surface area (Å²) in [4.78, 5) is -0.561. The van der Waals surface area contributed by atoms with E-state index in [9.17, 15) is 17.4 Å². The molecule has 1 N–H and O–H groups in total. The molecule has 2 aromatic heterocycles. The van der Waals surface area contributed by atoms with E-state index in [4.69, 9.17) is 9.26 Å². The van der Waals surface area contributed by atoms with Gasteiger partial charge in [-0.3, -0.25) is 9.40 Å². The summed E-state index contributed by atoms with van der Waals surface area (Å²) in [5.41, 5.74) is 1.14. The fraction of sp³-hybridized carbons (Fsp3) is 0.111. The van der Waals surface area contributed by atoms with Crippen LogP contribution in [-0.4, -0.2) is 26.3 Å². The number of benzene rings is 2. The van der Waals surface area contributed by atoms with Gasteiger partial charge >= 0.3 is 0 Å². The number of hydrogen-bond donors (Lipinski definition) is 1. The van der Waals surface area contributed by atoms with Crippen LogP contribution >= 0.6 is 0 Å². The van der Waals surface area contributed by atoms with Crippen molar-refractivity contribution >= 4 is 27.8 Å². The molecule has 0 bridgehead atoms. The molecule has 0 aliphatic carbocycles. The molecule has 29 heavy (non-hydrogen) atoms. The molecule has 0 saturated heterocycles. The number of fused-ring (bicyclic) bond motifs is 1. The first kappa shape index (κ1) is 19.0. The Morgan fingerprint density at radius 2 is 1.97 bits per heavy atom. The van der Waals surface area contributed by atoms with Gasteiger partial charge in [0.25, 0.3) is 0 Å². The zero-order chi connectivity index (χ0) is 20.5. The van der Waals surface area contributed by atoms with Crippen LogP contribution in [0, 0.1) is 17.5 Å². The highest BCUT2D eigenvalue weighted by Gasteiger charge is 2.20. The lowest BCUT2D eigenvalue weighted by Crippen LogP contribution is -2.08. The van der Waals surface area contributed by atoms with Crippen molar-refractivity contribution in [2.45, 2.75) is 11.4 Å². The fourth-order valence-corrected chi connectivity index (χ4v) is 3.65. The maximum atomic E-state index is 13.9. The summed E-state index contributed by atoms with van der Waals surface area (Å²) in [5.74, 6) is -3.47. The molecule has 0 amide bonds. The highest BCUT2D eigenvalue weighted by molar-refractivity contribution is 7.86. The third-order valence-electron chi connectivity index (χ3n) is 4.09. The van der Waals surface area contributed by atoms with E-state index in [0.29, 0.717) is 35.4 Å². The Bertz CT molecular complexity index is 1210.